The van der Waals surface area contributed by atoms with Crippen LogP contribution in [0.4, 0.5) is 11.6 Å². The number of hydrogen-bond donors (Lipinski definition) is 2. The minimum absolute atomic E-state index is 0.374. The summed E-state index contributed by atoms with van der Waals surface area (Å²) in [5, 5.41) is 8.20. The maximum absolute atomic E-state index is 12.8. The number of nitrogen functional groups attached to an aromatic ring is 1. The lowest BCUT2D eigenvalue weighted by molar-refractivity contribution is 0.217. The Balaban J connectivity index is 1.90. The largest absolute Gasteiger partial charge is 0.611 e. The molecule has 0 aliphatic rings. The van der Waals surface area contributed by atoms with Gasteiger partial charge in [0.2, 0.25) is 10.2 Å². The van der Waals surface area contributed by atoms with Crippen LogP contribution in [0.15, 0.2) is 34.9 Å². The molecule has 1 unspecified atom stereocenters. The van der Waals surface area contributed by atoms with Crippen LogP contribution in [0.2, 0.25) is 0 Å². The Morgan fingerprint density at radius 1 is 1.30 bits per heavy atom. The fourth-order valence-corrected chi connectivity index (χ4v) is 5.58. The first-order valence-electron chi connectivity index (χ1n) is 9.12. The first kappa shape index (κ1) is 20.5. The molecule has 4 aromatic rings. The fraction of sp³-hybridized carbons (Fsp3) is 0.263. The molecule has 0 aliphatic heterocycles. The zero-order valence-corrected chi connectivity index (χ0v) is 18.4. The fourth-order valence-electron chi connectivity index (χ4n) is 3.02. The molecule has 0 aliphatic carbocycles. The van der Waals surface area contributed by atoms with Crippen LogP contribution in [0, 0.1) is 0 Å². The minimum atomic E-state index is -1.27. The highest BCUT2D eigenvalue weighted by Gasteiger charge is 2.25. The van der Waals surface area contributed by atoms with Crippen LogP contribution in [0.3, 0.4) is 0 Å². The summed E-state index contributed by atoms with van der Waals surface area (Å²) in [6, 6.07) is 3.84. The third-order valence-corrected chi connectivity index (χ3v) is 7.38. The van der Waals surface area contributed by atoms with Crippen molar-refractivity contribution in [1.82, 2.24) is 24.7 Å². The van der Waals surface area contributed by atoms with Crippen molar-refractivity contribution in [3.05, 3.63) is 30.7 Å². The number of methoxy groups -OCH3 is 1. The van der Waals surface area contributed by atoms with Crippen LogP contribution in [0.5, 0.6) is 0 Å². The molecule has 0 bridgehead atoms. The zero-order valence-electron chi connectivity index (χ0n) is 16.7. The number of aryl methyl sites for hydroxylation is 1. The number of thiophene rings is 1. The van der Waals surface area contributed by atoms with Gasteiger partial charge in [-0.2, -0.15) is 5.10 Å². The molecule has 0 aromatic carbocycles. The number of nitrogens with zero attached hydrogens (tertiary/aromatic N) is 5. The van der Waals surface area contributed by atoms with Gasteiger partial charge in [-0.1, -0.05) is 11.3 Å². The molecule has 9 nitrogen and oxygen atoms in total. The molecule has 156 valence electrons. The average Bonchev–Trinajstić information content (AvgIpc) is 3.35. The number of nitrogens with one attached hydrogen (secondary N) is 1. The minimum Gasteiger partial charge on any atom is -0.611 e. The predicted molar refractivity (Wildman–Crippen MR) is 120 cm³/mol. The molecule has 0 fully saturated rings. The third kappa shape index (κ3) is 3.84. The van der Waals surface area contributed by atoms with E-state index in [9.17, 15) is 4.55 Å². The number of nitrogens with two attached hydrogens (primary N) is 1. The first-order valence-corrected chi connectivity index (χ1v) is 11.3. The number of aromatic nitrogens is 5. The molecular formula is C19H21N7O2S2. The Labute approximate surface area is 180 Å². The molecule has 0 spiro atoms. The molecule has 0 saturated carbocycles. The smallest absolute Gasteiger partial charge is 0.232 e. The van der Waals surface area contributed by atoms with E-state index in [1.54, 1.807) is 31.2 Å². The molecular weight excluding hydrogens is 422 g/mol. The van der Waals surface area contributed by atoms with Crippen LogP contribution in [-0.4, -0.2) is 55.8 Å². The van der Waals surface area contributed by atoms with Crippen LogP contribution >= 0.6 is 11.3 Å². The van der Waals surface area contributed by atoms with Crippen molar-refractivity contribution >= 4 is 44.4 Å². The maximum atomic E-state index is 12.8. The average molecular weight is 444 g/mol. The van der Waals surface area contributed by atoms with Crippen LogP contribution in [0.25, 0.3) is 32.7 Å². The highest BCUT2D eigenvalue weighted by molar-refractivity contribution is 7.93. The SMILES string of the molecule is CNc1ncc(-c2cc(-c3ccn(C)n3)c3c(N)c([S+]([O-])CCOC)sc3n2)cn1. The van der Waals surface area contributed by atoms with E-state index in [1.807, 2.05) is 25.4 Å². The van der Waals surface area contributed by atoms with Crippen molar-refractivity contribution in [2.45, 2.75) is 4.21 Å². The van der Waals surface area contributed by atoms with Crippen LogP contribution < -0.4 is 11.1 Å². The summed E-state index contributed by atoms with van der Waals surface area (Å²) in [6.07, 6.45) is 5.29. The number of ether oxygens (including phenoxy) is 1. The number of pyridine rings is 1. The van der Waals surface area contributed by atoms with Crippen LogP contribution in [0.1, 0.15) is 0 Å². The Kier molecular flexibility index (Phi) is 5.86. The van der Waals surface area contributed by atoms with Gasteiger partial charge >= 0.3 is 0 Å². The molecule has 11 heteroatoms. The standard InChI is InChI=1S/C19H21N7O2S2/c1-21-19-22-9-11(10-23-19)14-8-12(13-4-5-26(2)25-13)15-16(20)18(29-17(15)24-14)30(27)7-6-28-3/h4-5,8-10H,6-7,20H2,1-3H3,(H,21,22,23). The summed E-state index contributed by atoms with van der Waals surface area (Å²) in [5.74, 6) is 0.902. The second-order valence-electron chi connectivity index (χ2n) is 6.50. The summed E-state index contributed by atoms with van der Waals surface area (Å²) in [4.78, 5) is 14.0. The van der Waals surface area contributed by atoms with Crippen molar-refractivity contribution in [3.8, 4) is 22.5 Å². The van der Waals surface area contributed by atoms with Crippen molar-refractivity contribution in [1.29, 1.82) is 0 Å². The Bertz CT molecular complexity index is 1170. The summed E-state index contributed by atoms with van der Waals surface area (Å²) in [5.41, 5.74) is 9.98. The maximum Gasteiger partial charge on any atom is 0.232 e. The Morgan fingerprint density at radius 2 is 2.07 bits per heavy atom. The number of rotatable bonds is 7. The van der Waals surface area contributed by atoms with Gasteiger partial charge in [-0.15, -0.1) is 0 Å². The van der Waals surface area contributed by atoms with E-state index < -0.39 is 11.2 Å². The van der Waals surface area contributed by atoms with Crippen LogP contribution in [-0.2, 0) is 23.0 Å². The van der Waals surface area contributed by atoms with E-state index in [4.69, 9.17) is 15.5 Å². The second kappa shape index (κ2) is 8.56. The van der Waals surface area contributed by atoms with Crippen molar-refractivity contribution < 1.29 is 9.29 Å². The number of fused-ring (bicyclic) bond motifs is 1. The van der Waals surface area contributed by atoms with Gasteiger partial charge in [-0.05, 0) is 12.1 Å². The molecule has 3 N–H and O–H groups in total. The third-order valence-electron chi connectivity index (χ3n) is 4.51. The van der Waals surface area contributed by atoms with Gasteiger partial charge in [0.15, 0.2) is 0 Å². The summed E-state index contributed by atoms with van der Waals surface area (Å²) >= 11 is 0.0625. The van der Waals surface area contributed by atoms with Gasteiger partial charge in [-0.25, -0.2) is 15.0 Å². The van der Waals surface area contributed by atoms with Crippen molar-refractivity contribution in [3.63, 3.8) is 0 Å². The molecule has 0 saturated heterocycles. The lowest BCUT2D eigenvalue weighted by Crippen LogP contribution is -2.11. The quantitative estimate of drug-likeness (QED) is 0.417. The number of hydrogen-bond acceptors (Lipinski definition) is 9. The van der Waals surface area contributed by atoms with Gasteiger partial charge < -0.3 is 20.3 Å². The molecule has 4 rings (SSSR count). The normalized spacial score (nSPS) is 12.4. The van der Waals surface area contributed by atoms with Gasteiger partial charge in [0.25, 0.3) is 0 Å². The number of anilines is 2. The Hall–Kier alpha value is -2.73. The van der Waals surface area contributed by atoms with Crippen molar-refractivity contribution in [2.24, 2.45) is 7.05 Å². The van der Waals surface area contributed by atoms with Crippen molar-refractivity contribution in [2.75, 3.05) is 37.6 Å². The summed E-state index contributed by atoms with van der Waals surface area (Å²) in [6.45, 7) is 0.390. The monoisotopic (exact) mass is 443 g/mol. The van der Waals surface area contributed by atoms with E-state index in [1.165, 1.54) is 11.3 Å². The molecule has 4 aromatic heterocycles. The molecule has 4 heterocycles. The lowest BCUT2D eigenvalue weighted by Gasteiger charge is -2.08. The highest BCUT2D eigenvalue weighted by atomic mass is 32.2. The zero-order chi connectivity index (χ0) is 21.3. The lowest BCUT2D eigenvalue weighted by atomic mass is 10.1. The van der Waals surface area contributed by atoms with E-state index in [0.29, 0.717) is 38.7 Å². The molecule has 1 atom stereocenters. The van der Waals surface area contributed by atoms with Gasteiger partial charge in [0, 0.05) is 67.5 Å². The molecule has 30 heavy (non-hydrogen) atoms. The summed E-state index contributed by atoms with van der Waals surface area (Å²) in [7, 11) is 5.20. The Morgan fingerprint density at radius 3 is 2.70 bits per heavy atom. The van der Waals surface area contributed by atoms with E-state index in [2.05, 4.69) is 20.4 Å². The van der Waals surface area contributed by atoms with E-state index >= 15 is 0 Å². The second-order valence-corrected chi connectivity index (χ2v) is 9.27. The predicted octanol–water partition coefficient (Wildman–Crippen LogP) is 2.53. The van der Waals surface area contributed by atoms with Gasteiger partial charge in [-0.3, -0.25) is 4.68 Å². The van der Waals surface area contributed by atoms with Gasteiger partial charge in [0.1, 0.15) is 16.3 Å². The summed E-state index contributed by atoms with van der Waals surface area (Å²) < 4.78 is 20.2. The molecule has 0 radical (unpaired) electrons. The van der Waals surface area contributed by atoms with E-state index in [0.717, 1.165) is 22.2 Å². The first-order chi connectivity index (χ1) is 14.5. The van der Waals surface area contributed by atoms with E-state index in [-0.39, 0.29) is 0 Å². The molecule has 0 amide bonds. The topological polar surface area (TPSA) is 127 Å². The highest BCUT2D eigenvalue weighted by Crippen LogP contribution is 2.43. The van der Waals surface area contributed by atoms with Gasteiger partial charge in [0.05, 0.1) is 18.0 Å².